The van der Waals surface area contributed by atoms with Gasteiger partial charge in [0, 0.05) is 49.7 Å². The van der Waals surface area contributed by atoms with Gasteiger partial charge in [-0.15, -0.1) is 0 Å². The van der Waals surface area contributed by atoms with Crippen LogP contribution in [0.15, 0.2) is 59.8 Å². The van der Waals surface area contributed by atoms with Gasteiger partial charge in [-0.05, 0) is 48.7 Å². The van der Waals surface area contributed by atoms with Crippen LogP contribution in [-0.2, 0) is 23.0 Å². The van der Waals surface area contributed by atoms with Crippen LogP contribution in [0.4, 0.5) is 0 Å². The number of pyridine rings is 2. The molecule has 4 heterocycles. The van der Waals surface area contributed by atoms with Crippen LogP contribution in [0.3, 0.4) is 0 Å². The van der Waals surface area contributed by atoms with Crippen molar-refractivity contribution in [3.8, 4) is 22.5 Å². The zero-order valence-corrected chi connectivity index (χ0v) is 17.6. The van der Waals surface area contributed by atoms with Crippen LogP contribution in [0, 0.1) is 0 Å². The molecule has 0 N–H and O–H groups in total. The average Bonchev–Trinajstić information content (AvgIpc) is 3.35. The van der Waals surface area contributed by atoms with Gasteiger partial charge >= 0.3 is 0 Å². The van der Waals surface area contributed by atoms with Crippen LogP contribution in [0.2, 0.25) is 0 Å². The maximum atomic E-state index is 12.6. The summed E-state index contributed by atoms with van der Waals surface area (Å²) >= 11 is 0. The van der Waals surface area contributed by atoms with Gasteiger partial charge < -0.3 is 0 Å². The minimum absolute atomic E-state index is 0.231. The molecule has 0 saturated heterocycles. The fourth-order valence-corrected chi connectivity index (χ4v) is 4.94. The summed E-state index contributed by atoms with van der Waals surface area (Å²) in [5.41, 5.74) is 5.56. The molecule has 0 bridgehead atoms. The van der Waals surface area contributed by atoms with Crippen LogP contribution >= 0.6 is 0 Å². The van der Waals surface area contributed by atoms with Crippen molar-refractivity contribution in [1.29, 1.82) is 0 Å². The second kappa shape index (κ2) is 7.00. The van der Waals surface area contributed by atoms with Crippen LogP contribution in [-0.4, -0.2) is 46.6 Å². The molecule has 152 valence electrons. The van der Waals surface area contributed by atoms with Gasteiger partial charge in [0.05, 0.1) is 16.1 Å². The Hall–Kier alpha value is -3.10. The Kier molecular flexibility index (Phi) is 4.41. The Balaban J connectivity index is 1.75. The lowest BCUT2D eigenvalue weighted by molar-refractivity contribution is 0.521. The average molecular weight is 420 g/mol. The standard InChI is InChI=1S/C22H21N5O2S/c1-26(2)30(28,29)15-8-9-16-17(10-12-24-19(16)14-15)21-20-7-5-13-27(20)25-22(21)18-6-3-4-11-23-18/h3-4,6,8-12,14H,5,7,13H2,1-2H3. The first-order valence-electron chi connectivity index (χ1n) is 9.79. The van der Waals surface area contributed by atoms with Gasteiger partial charge in [0.25, 0.3) is 0 Å². The van der Waals surface area contributed by atoms with E-state index in [-0.39, 0.29) is 4.90 Å². The van der Waals surface area contributed by atoms with E-state index in [0.29, 0.717) is 5.52 Å². The van der Waals surface area contributed by atoms with E-state index >= 15 is 0 Å². The maximum absolute atomic E-state index is 12.6. The third-order valence-corrected chi connectivity index (χ3v) is 7.32. The second-order valence-electron chi connectivity index (χ2n) is 7.54. The Labute approximate surface area is 175 Å². The fraction of sp³-hybridized carbons (Fsp3) is 0.227. The van der Waals surface area contributed by atoms with Gasteiger partial charge in [-0.3, -0.25) is 14.6 Å². The summed E-state index contributed by atoms with van der Waals surface area (Å²) in [7, 11) is -0.476. The predicted molar refractivity (Wildman–Crippen MR) is 115 cm³/mol. The molecule has 5 rings (SSSR count). The SMILES string of the molecule is CN(C)S(=O)(=O)c1ccc2c(-c3c(-c4ccccn4)nn4c3CCC4)ccnc2c1. The molecular formula is C22H21N5O2S. The predicted octanol–water partition coefficient (Wildman–Crippen LogP) is 3.36. The van der Waals surface area contributed by atoms with Crippen molar-refractivity contribution < 1.29 is 8.42 Å². The first-order chi connectivity index (χ1) is 14.5. The minimum atomic E-state index is -3.53. The number of aromatic nitrogens is 4. The molecule has 1 aliphatic heterocycles. The summed E-state index contributed by atoms with van der Waals surface area (Å²) in [5.74, 6) is 0. The molecular weight excluding hydrogens is 398 g/mol. The zero-order chi connectivity index (χ0) is 20.9. The number of hydrogen-bond donors (Lipinski definition) is 0. The van der Waals surface area contributed by atoms with E-state index in [2.05, 4.69) is 14.6 Å². The zero-order valence-electron chi connectivity index (χ0n) is 16.8. The van der Waals surface area contributed by atoms with Crippen molar-refractivity contribution in [2.45, 2.75) is 24.3 Å². The lowest BCUT2D eigenvalue weighted by Crippen LogP contribution is -2.22. The number of sulfonamides is 1. The third kappa shape index (κ3) is 2.91. The van der Waals surface area contributed by atoms with Crippen molar-refractivity contribution in [2.24, 2.45) is 0 Å². The highest BCUT2D eigenvalue weighted by molar-refractivity contribution is 7.89. The molecule has 0 aliphatic carbocycles. The maximum Gasteiger partial charge on any atom is 0.242 e. The van der Waals surface area contributed by atoms with E-state index in [1.165, 1.54) is 24.1 Å². The smallest absolute Gasteiger partial charge is 0.242 e. The molecule has 8 heteroatoms. The van der Waals surface area contributed by atoms with Crippen molar-refractivity contribution >= 4 is 20.9 Å². The summed E-state index contributed by atoms with van der Waals surface area (Å²) in [6, 6.07) is 12.9. The molecule has 0 unspecified atom stereocenters. The van der Waals surface area contributed by atoms with Crippen molar-refractivity contribution in [3.63, 3.8) is 0 Å². The van der Waals surface area contributed by atoms with Gasteiger partial charge in [-0.2, -0.15) is 5.10 Å². The summed E-state index contributed by atoms with van der Waals surface area (Å²) in [6.45, 7) is 0.892. The topological polar surface area (TPSA) is 81.0 Å². The highest BCUT2D eigenvalue weighted by atomic mass is 32.2. The minimum Gasteiger partial charge on any atom is -0.268 e. The Morgan fingerprint density at radius 1 is 1.03 bits per heavy atom. The molecule has 0 radical (unpaired) electrons. The first-order valence-corrected chi connectivity index (χ1v) is 11.2. The van der Waals surface area contributed by atoms with Gasteiger partial charge in [0.15, 0.2) is 0 Å². The molecule has 0 atom stereocenters. The van der Waals surface area contributed by atoms with Gasteiger partial charge in [-0.1, -0.05) is 12.1 Å². The van der Waals surface area contributed by atoms with Crippen LogP contribution in [0.1, 0.15) is 12.1 Å². The molecule has 7 nitrogen and oxygen atoms in total. The summed E-state index contributed by atoms with van der Waals surface area (Å²) < 4.78 is 28.4. The van der Waals surface area contributed by atoms with Crippen molar-refractivity contribution in [1.82, 2.24) is 24.1 Å². The molecule has 4 aromatic rings. The molecule has 30 heavy (non-hydrogen) atoms. The molecule has 3 aromatic heterocycles. The van der Waals surface area contributed by atoms with E-state index < -0.39 is 10.0 Å². The summed E-state index contributed by atoms with van der Waals surface area (Å²) in [4.78, 5) is 9.20. The second-order valence-corrected chi connectivity index (χ2v) is 9.69. The van der Waals surface area contributed by atoms with Crippen LogP contribution in [0.25, 0.3) is 33.4 Å². The monoisotopic (exact) mass is 419 g/mol. The fourth-order valence-electron chi connectivity index (χ4n) is 4.01. The first kappa shape index (κ1) is 18.9. The highest BCUT2D eigenvalue weighted by Gasteiger charge is 2.26. The van der Waals surface area contributed by atoms with Crippen LogP contribution < -0.4 is 0 Å². The largest absolute Gasteiger partial charge is 0.268 e. The molecule has 1 aliphatic rings. The van der Waals surface area contributed by atoms with Crippen molar-refractivity contribution in [3.05, 3.63) is 60.6 Å². The van der Waals surface area contributed by atoms with E-state index in [0.717, 1.165) is 47.3 Å². The number of hydrogen-bond acceptors (Lipinski definition) is 5. The number of aryl methyl sites for hydroxylation is 1. The third-order valence-electron chi connectivity index (χ3n) is 5.51. The molecule has 1 aromatic carbocycles. The van der Waals surface area contributed by atoms with E-state index in [1.54, 1.807) is 24.5 Å². The van der Waals surface area contributed by atoms with Gasteiger partial charge in [0.1, 0.15) is 5.69 Å². The van der Waals surface area contributed by atoms with E-state index in [1.807, 2.05) is 30.3 Å². The molecule has 0 fully saturated rings. The van der Waals surface area contributed by atoms with Gasteiger partial charge in [-0.25, -0.2) is 12.7 Å². The van der Waals surface area contributed by atoms with E-state index in [4.69, 9.17) is 5.10 Å². The summed E-state index contributed by atoms with van der Waals surface area (Å²) in [6.07, 6.45) is 5.51. The number of fused-ring (bicyclic) bond motifs is 2. The molecule has 0 saturated carbocycles. The Morgan fingerprint density at radius 2 is 1.90 bits per heavy atom. The molecule has 0 amide bonds. The van der Waals surface area contributed by atoms with Crippen LogP contribution in [0.5, 0.6) is 0 Å². The summed E-state index contributed by atoms with van der Waals surface area (Å²) in [5, 5.41) is 5.75. The Bertz CT molecular complexity index is 1360. The van der Waals surface area contributed by atoms with E-state index in [9.17, 15) is 8.42 Å². The lowest BCUT2D eigenvalue weighted by Gasteiger charge is -2.13. The lowest BCUT2D eigenvalue weighted by atomic mass is 9.97. The Morgan fingerprint density at radius 3 is 2.67 bits per heavy atom. The number of nitrogens with zero attached hydrogens (tertiary/aromatic N) is 5. The molecule has 0 spiro atoms. The normalized spacial score (nSPS) is 13.8. The number of rotatable bonds is 4. The van der Waals surface area contributed by atoms with Crippen molar-refractivity contribution in [2.75, 3.05) is 14.1 Å². The van der Waals surface area contributed by atoms with Gasteiger partial charge in [0.2, 0.25) is 10.0 Å². The quantitative estimate of drug-likeness (QED) is 0.507. The number of benzene rings is 1. The highest BCUT2D eigenvalue weighted by Crippen LogP contribution is 2.39.